The number of carbonyl (C=O) groups excluding carboxylic acids is 1. The second-order valence-corrected chi connectivity index (χ2v) is 8.39. The van der Waals surface area contributed by atoms with E-state index in [4.69, 9.17) is 14.9 Å². The van der Waals surface area contributed by atoms with Crippen LogP contribution in [0.5, 0.6) is 0 Å². The number of aryl methyl sites for hydroxylation is 2. The first-order valence-electron chi connectivity index (χ1n) is 11.6. The van der Waals surface area contributed by atoms with Gasteiger partial charge in [-0.3, -0.25) is 28.7 Å². The molecule has 0 unspecified atom stereocenters. The van der Waals surface area contributed by atoms with Gasteiger partial charge in [-0.2, -0.15) is 5.10 Å². The standard InChI is InChI=1S/C24H29N7O5/c1-5-6-9-31-20(25)19(22(32)27-24(31)34)30(10-12-35-4)23(33)15-13-16(17-8-7-11-36-17)26-21-18(15)14(2)28-29(21)3/h7-8,11,13H,5-6,9-10,12,25H2,1-4H3,(H,27,32,34). The molecule has 0 saturated carbocycles. The Morgan fingerprint density at radius 2 is 2.11 bits per heavy atom. The van der Waals surface area contributed by atoms with Crippen LogP contribution in [0.3, 0.4) is 0 Å². The number of unbranched alkanes of at least 4 members (excludes halogenated alkanes) is 1. The molecule has 0 fully saturated rings. The Bertz CT molecular complexity index is 1510. The Labute approximate surface area is 206 Å². The first-order chi connectivity index (χ1) is 17.3. The van der Waals surface area contributed by atoms with Gasteiger partial charge in [-0.25, -0.2) is 9.78 Å². The van der Waals surface area contributed by atoms with Crippen LogP contribution < -0.4 is 21.9 Å². The first-order valence-corrected chi connectivity index (χ1v) is 11.6. The smallest absolute Gasteiger partial charge is 0.330 e. The van der Waals surface area contributed by atoms with Crippen LogP contribution in [0.2, 0.25) is 0 Å². The summed E-state index contributed by atoms with van der Waals surface area (Å²) >= 11 is 0. The average molecular weight is 496 g/mol. The molecule has 4 aromatic rings. The molecule has 0 aliphatic rings. The Kier molecular flexibility index (Phi) is 7.06. The van der Waals surface area contributed by atoms with Crippen molar-refractivity contribution in [1.29, 1.82) is 0 Å². The van der Waals surface area contributed by atoms with Gasteiger partial charge in [0.1, 0.15) is 11.5 Å². The highest BCUT2D eigenvalue weighted by Gasteiger charge is 2.29. The van der Waals surface area contributed by atoms with Crippen molar-refractivity contribution in [2.45, 2.75) is 33.2 Å². The van der Waals surface area contributed by atoms with Crippen molar-refractivity contribution in [2.24, 2.45) is 7.05 Å². The molecule has 0 saturated heterocycles. The summed E-state index contributed by atoms with van der Waals surface area (Å²) in [6.07, 6.45) is 3.01. The van der Waals surface area contributed by atoms with Crippen LogP contribution in [0.15, 0.2) is 38.5 Å². The van der Waals surface area contributed by atoms with Crippen molar-refractivity contribution in [3.63, 3.8) is 0 Å². The number of amides is 1. The molecule has 12 heteroatoms. The monoisotopic (exact) mass is 495 g/mol. The zero-order valence-corrected chi connectivity index (χ0v) is 20.7. The number of nitrogen functional groups attached to an aromatic ring is 1. The van der Waals surface area contributed by atoms with E-state index in [1.165, 1.54) is 22.8 Å². The largest absolute Gasteiger partial charge is 0.463 e. The summed E-state index contributed by atoms with van der Waals surface area (Å²) in [5.74, 6) is -0.124. The van der Waals surface area contributed by atoms with Crippen molar-refractivity contribution in [2.75, 3.05) is 30.9 Å². The Morgan fingerprint density at radius 1 is 1.33 bits per heavy atom. The number of rotatable bonds is 9. The van der Waals surface area contributed by atoms with Crippen molar-refractivity contribution >= 4 is 28.4 Å². The summed E-state index contributed by atoms with van der Waals surface area (Å²) in [5, 5.41) is 4.97. The van der Waals surface area contributed by atoms with Crippen molar-refractivity contribution in [3.05, 3.63) is 56.6 Å². The van der Waals surface area contributed by atoms with Crippen molar-refractivity contribution < 1.29 is 13.9 Å². The molecule has 0 aliphatic carbocycles. The summed E-state index contributed by atoms with van der Waals surface area (Å²) in [4.78, 5) is 47.8. The molecule has 0 bridgehead atoms. The van der Waals surface area contributed by atoms with Gasteiger partial charge in [0.15, 0.2) is 17.1 Å². The lowest BCUT2D eigenvalue weighted by Crippen LogP contribution is -2.42. The number of methoxy groups -OCH3 is 1. The number of carbonyl (C=O) groups is 1. The van der Waals surface area contributed by atoms with E-state index in [0.29, 0.717) is 41.1 Å². The van der Waals surface area contributed by atoms with Crippen LogP contribution in [0.4, 0.5) is 11.5 Å². The zero-order chi connectivity index (χ0) is 26.0. The van der Waals surface area contributed by atoms with Gasteiger partial charge < -0.3 is 14.9 Å². The van der Waals surface area contributed by atoms with Crippen molar-refractivity contribution in [1.82, 2.24) is 24.3 Å². The third-order valence-corrected chi connectivity index (χ3v) is 5.96. The lowest BCUT2D eigenvalue weighted by Gasteiger charge is -2.25. The van der Waals surface area contributed by atoms with Crippen molar-refractivity contribution in [3.8, 4) is 11.5 Å². The van der Waals surface area contributed by atoms with E-state index in [9.17, 15) is 14.4 Å². The summed E-state index contributed by atoms with van der Waals surface area (Å²) in [7, 11) is 3.22. The maximum absolute atomic E-state index is 14.1. The lowest BCUT2D eigenvalue weighted by molar-refractivity contribution is 0.0977. The van der Waals surface area contributed by atoms with Gasteiger partial charge in [-0.1, -0.05) is 13.3 Å². The van der Waals surface area contributed by atoms with Crippen LogP contribution in [-0.2, 0) is 18.3 Å². The summed E-state index contributed by atoms with van der Waals surface area (Å²) in [6.45, 7) is 4.21. The van der Waals surface area contributed by atoms with E-state index >= 15 is 0 Å². The van der Waals surface area contributed by atoms with Crippen LogP contribution in [0, 0.1) is 6.92 Å². The average Bonchev–Trinajstić information content (AvgIpc) is 3.48. The molecule has 36 heavy (non-hydrogen) atoms. The van der Waals surface area contributed by atoms with Gasteiger partial charge in [0.2, 0.25) is 0 Å². The highest BCUT2D eigenvalue weighted by molar-refractivity contribution is 6.15. The second-order valence-electron chi connectivity index (χ2n) is 8.39. The molecule has 190 valence electrons. The third-order valence-electron chi connectivity index (χ3n) is 5.96. The maximum Gasteiger partial charge on any atom is 0.330 e. The number of pyridine rings is 1. The van der Waals surface area contributed by atoms with Crippen LogP contribution >= 0.6 is 0 Å². The highest BCUT2D eigenvalue weighted by atomic mass is 16.5. The molecular formula is C24H29N7O5. The maximum atomic E-state index is 14.1. The van der Waals surface area contributed by atoms with E-state index < -0.39 is 17.2 Å². The molecule has 0 aromatic carbocycles. The number of ether oxygens (including phenoxy) is 1. The zero-order valence-electron chi connectivity index (χ0n) is 20.7. The van der Waals surface area contributed by atoms with E-state index in [1.54, 1.807) is 36.9 Å². The van der Waals surface area contributed by atoms with Crippen LogP contribution in [0.25, 0.3) is 22.5 Å². The minimum Gasteiger partial charge on any atom is -0.463 e. The topological polar surface area (TPSA) is 154 Å². The number of aromatic nitrogens is 5. The molecule has 0 radical (unpaired) electrons. The molecule has 12 nitrogen and oxygen atoms in total. The Balaban J connectivity index is 1.94. The van der Waals surface area contributed by atoms with E-state index in [2.05, 4.69) is 15.1 Å². The lowest BCUT2D eigenvalue weighted by atomic mass is 10.1. The molecule has 4 heterocycles. The minimum atomic E-state index is -0.755. The van der Waals surface area contributed by atoms with Gasteiger partial charge in [0, 0.05) is 27.2 Å². The fourth-order valence-electron chi connectivity index (χ4n) is 4.18. The SMILES string of the molecule is CCCCn1c(N)c(N(CCOC)C(=O)c2cc(-c3ccco3)nc3c2c(C)nn3C)c(=O)[nH]c1=O. The fraction of sp³-hybridized carbons (Fsp3) is 0.375. The number of nitrogens with one attached hydrogen (secondary N) is 1. The van der Waals surface area contributed by atoms with Gasteiger partial charge in [-0.05, 0) is 31.5 Å². The Hall–Kier alpha value is -4.19. The number of H-pyrrole nitrogens is 1. The van der Waals surface area contributed by atoms with Crippen LogP contribution in [-0.4, -0.2) is 50.5 Å². The van der Waals surface area contributed by atoms with Gasteiger partial charge in [0.05, 0.1) is 29.5 Å². The van der Waals surface area contributed by atoms with E-state index in [0.717, 1.165) is 6.42 Å². The second kappa shape index (κ2) is 10.2. The third kappa shape index (κ3) is 4.42. The van der Waals surface area contributed by atoms with E-state index in [1.807, 2.05) is 6.92 Å². The number of furan rings is 1. The number of fused-ring (bicyclic) bond motifs is 1. The molecular weight excluding hydrogens is 466 g/mol. The van der Waals surface area contributed by atoms with Gasteiger partial charge >= 0.3 is 5.69 Å². The molecule has 0 spiro atoms. The summed E-state index contributed by atoms with van der Waals surface area (Å²) < 4.78 is 13.6. The number of nitrogens with zero attached hydrogens (tertiary/aromatic N) is 5. The number of hydrogen-bond donors (Lipinski definition) is 2. The molecule has 3 N–H and O–H groups in total. The number of nitrogens with two attached hydrogens (primary N) is 1. The number of aromatic amines is 1. The van der Waals surface area contributed by atoms with E-state index in [-0.39, 0.29) is 30.2 Å². The summed E-state index contributed by atoms with van der Waals surface area (Å²) in [6, 6.07) is 5.07. The predicted octanol–water partition coefficient (Wildman–Crippen LogP) is 2.06. The minimum absolute atomic E-state index is 0.0216. The highest BCUT2D eigenvalue weighted by Crippen LogP contribution is 2.29. The molecule has 0 atom stereocenters. The number of anilines is 2. The Morgan fingerprint density at radius 3 is 2.78 bits per heavy atom. The molecule has 4 aromatic heterocycles. The predicted molar refractivity (Wildman–Crippen MR) is 135 cm³/mol. The normalized spacial score (nSPS) is 11.3. The molecule has 1 amide bonds. The molecule has 0 aliphatic heterocycles. The molecule has 4 rings (SSSR count). The first kappa shape index (κ1) is 24.9. The summed E-state index contributed by atoms with van der Waals surface area (Å²) in [5.41, 5.74) is 6.61. The quantitative estimate of drug-likeness (QED) is 0.358. The van der Waals surface area contributed by atoms with Gasteiger partial charge in [-0.15, -0.1) is 0 Å². The fourth-order valence-corrected chi connectivity index (χ4v) is 4.18. The van der Waals surface area contributed by atoms with Gasteiger partial charge in [0.25, 0.3) is 11.5 Å². The van der Waals surface area contributed by atoms with Crippen LogP contribution in [0.1, 0.15) is 35.8 Å². The number of hydrogen-bond acceptors (Lipinski definition) is 8.